The van der Waals surface area contributed by atoms with Crippen molar-refractivity contribution in [2.75, 3.05) is 18.4 Å². The highest BCUT2D eigenvalue weighted by Gasteiger charge is 2.42. The summed E-state index contributed by atoms with van der Waals surface area (Å²) in [4.78, 5) is 31.2. The van der Waals surface area contributed by atoms with Crippen LogP contribution in [0.2, 0.25) is 0 Å². The van der Waals surface area contributed by atoms with E-state index in [1.807, 2.05) is 0 Å². The Morgan fingerprint density at radius 2 is 2.12 bits per heavy atom. The summed E-state index contributed by atoms with van der Waals surface area (Å²) in [5.41, 5.74) is 0.541. The van der Waals surface area contributed by atoms with Gasteiger partial charge in [-0.3, -0.25) is 10.1 Å². The number of carboxylic acids is 1. The second-order valence-corrected chi connectivity index (χ2v) is 9.75. The minimum atomic E-state index is -0.848. The lowest BCUT2D eigenvalue weighted by atomic mass is 9.73. The van der Waals surface area contributed by atoms with Crippen molar-refractivity contribution in [2.24, 2.45) is 16.7 Å². The van der Waals surface area contributed by atoms with Crippen LogP contribution in [0.4, 0.5) is 9.93 Å². The van der Waals surface area contributed by atoms with E-state index in [4.69, 9.17) is 0 Å². The Hall–Kier alpha value is -1.63. The van der Waals surface area contributed by atoms with Crippen molar-refractivity contribution in [3.8, 4) is 0 Å². The van der Waals surface area contributed by atoms with Crippen LogP contribution in [-0.2, 0) is 17.6 Å². The number of carbonyl (C=O) groups is 2. The maximum atomic E-state index is 12.5. The Balaban J connectivity index is 1.65. The van der Waals surface area contributed by atoms with Gasteiger partial charge in [-0.25, -0.2) is 9.78 Å². The second kappa shape index (κ2) is 6.27. The average Bonchev–Trinajstić information content (AvgIpc) is 3.09. The number of aliphatic carboxylic acids is 1. The second-order valence-electron chi connectivity index (χ2n) is 8.66. The zero-order chi connectivity index (χ0) is 18.4. The van der Waals surface area contributed by atoms with Crippen LogP contribution in [0, 0.1) is 16.7 Å². The number of likely N-dealkylation sites (tertiary alicyclic amines) is 1. The number of amides is 2. The molecule has 0 aromatic carbocycles. The Bertz CT molecular complexity index is 694. The molecule has 25 heavy (non-hydrogen) atoms. The van der Waals surface area contributed by atoms with E-state index in [9.17, 15) is 14.7 Å². The predicted octanol–water partition coefficient (Wildman–Crippen LogP) is 3.62. The maximum Gasteiger partial charge on any atom is 0.323 e. The summed E-state index contributed by atoms with van der Waals surface area (Å²) in [6.07, 6.45) is 3.60. The minimum absolute atomic E-state index is 0.241. The van der Waals surface area contributed by atoms with E-state index in [2.05, 4.69) is 31.1 Å². The topological polar surface area (TPSA) is 82.5 Å². The lowest BCUT2D eigenvalue weighted by molar-refractivity contribution is -0.146. The quantitative estimate of drug-likeness (QED) is 0.838. The molecule has 2 N–H and O–H groups in total. The highest BCUT2D eigenvalue weighted by Crippen LogP contribution is 2.40. The molecule has 7 heteroatoms. The first kappa shape index (κ1) is 18.2. The molecule has 2 amide bonds. The van der Waals surface area contributed by atoms with E-state index in [-0.39, 0.29) is 18.0 Å². The monoisotopic (exact) mass is 365 g/mol. The van der Waals surface area contributed by atoms with Gasteiger partial charge in [0.2, 0.25) is 0 Å². The summed E-state index contributed by atoms with van der Waals surface area (Å²) in [5.74, 6) is -0.209. The number of rotatable bonds is 2. The summed E-state index contributed by atoms with van der Waals surface area (Å²) in [6.45, 7) is 9.23. The van der Waals surface area contributed by atoms with Crippen molar-refractivity contribution in [3.63, 3.8) is 0 Å². The van der Waals surface area contributed by atoms with Crippen molar-refractivity contribution in [1.82, 2.24) is 9.88 Å². The molecule has 1 aliphatic carbocycles. The Morgan fingerprint density at radius 1 is 1.40 bits per heavy atom. The number of hydrogen-bond donors (Lipinski definition) is 2. The molecule has 1 aliphatic heterocycles. The van der Waals surface area contributed by atoms with Gasteiger partial charge in [0.25, 0.3) is 0 Å². The molecule has 1 aromatic rings. The third-order valence-electron chi connectivity index (χ3n) is 5.66. The fourth-order valence-corrected chi connectivity index (χ4v) is 4.72. The Labute approximate surface area is 152 Å². The molecule has 6 nitrogen and oxygen atoms in total. The zero-order valence-electron chi connectivity index (χ0n) is 15.4. The van der Waals surface area contributed by atoms with E-state index in [1.165, 1.54) is 4.88 Å². The zero-order valence-corrected chi connectivity index (χ0v) is 16.2. The van der Waals surface area contributed by atoms with Gasteiger partial charge in [0.05, 0.1) is 11.1 Å². The van der Waals surface area contributed by atoms with E-state index in [0.29, 0.717) is 24.0 Å². The number of hydrogen-bond acceptors (Lipinski definition) is 4. The SMILES string of the molecule is CC1(C(=O)O)CCN(C(=O)Nc2nc3c(s2)CC(C(C)(C)C)CC3)C1. The average molecular weight is 365 g/mol. The number of nitrogens with one attached hydrogen (secondary N) is 1. The predicted molar refractivity (Wildman–Crippen MR) is 98.0 cm³/mol. The molecule has 1 fully saturated rings. The third-order valence-corrected chi connectivity index (χ3v) is 6.69. The normalized spacial score (nSPS) is 26.4. The number of carbonyl (C=O) groups excluding carboxylic acids is 1. The molecule has 2 unspecified atom stereocenters. The third kappa shape index (κ3) is 3.66. The standard InChI is InChI=1S/C18H27N3O3S/c1-17(2,3)11-5-6-12-13(9-11)25-15(19-12)20-16(24)21-8-7-18(4,10-21)14(22)23/h11H,5-10H2,1-4H3,(H,22,23)(H,19,20,24). The first-order chi connectivity index (χ1) is 11.6. The van der Waals surface area contributed by atoms with Crippen LogP contribution in [0.1, 0.15) is 51.1 Å². The number of carboxylic acid groups (broad SMARTS) is 1. The number of urea groups is 1. The van der Waals surface area contributed by atoms with Crippen LogP contribution in [0.15, 0.2) is 0 Å². The summed E-state index contributed by atoms with van der Waals surface area (Å²) in [5, 5.41) is 12.8. The Kier molecular flexibility index (Phi) is 4.56. The van der Waals surface area contributed by atoms with E-state index in [1.54, 1.807) is 23.2 Å². The number of aromatic nitrogens is 1. The summed E-state index contributed by atoms with van der Waals surface area (Å²) >= 11 is 1.56. The molecule has 0 bridgehead atoms. The van der Waals surface area contributed by atoms with Crippen LogP contribution >= 0.6 is 11.3 Å². The summed E-state index contributed by atoms with van der Waals surface area (Å²) in [6, 6.07) is -0.247. The van der Waals surface area contributed by atoms with Crippen molar-refractivity contribution < 1.29 is 14.7 Å². The van der Waals surface area contributed by atoms with Crippen LogP contribution in [-0.4, -0.2) is 40.1 Å². The molecule has 3 rings (SSSR count). The lowest BCUT2D eigenvalue weighted by Gasteiger charge is -2.33. The maximum absolute atomic E-state index is 12.5. The lowest BCUT2D eigenvalue weighted by Crippen LogP contribution is -2.37. The molecule has 1 saturated heterocycles. The van der Waals surface area contributed by atoms with Crippen LogP contribution < -0.4 is 5.32 Å². The molecule has 2 heterocycles. The molecule has 138 valence electrons. The van der Waals surface area contributed by atoms with Crippen LogP contribution in [0.3, 0.4) is 0 Å². The number of fused-ring (bicyclic) bond motifs is 1. The molecule has 2 atom stereocenters. The van der Waals surface area contributed by atoms with Gasteiger partial charge >= 0.3 is 12.0 Å². The molecule has 0 saturated carbocycles. The number of nitrogens with zero attached hydrogens (tertiary/aromatic N) is 2. The molecular weight excluding hydrogens is 338 g/mol. The molecule has 0 spiro atoms. The van der Waals surface area contributed by atoms with Crippen molar-refractivity contribution in [3.05, 3.63) is 10.6 Å². The van der Waals surface area contributed by atoms with Crippen molar-refractivity contribution in [1.29, 1.82) is 0 Å². The highest BCUT2D eigenvalue weighted by atomic mass is 32.1. The highest BCUT2D eigenvalue weighted by molar-refractivity contribution is 7.15. The van der Waals surface area contributed by atoms with Crippen LogP contribution in [0.25, 0.3) is 0 Å². The molecule has 1 aromatic heterocycles. The van der Waals surface area contributed by atoms with Crippen molar-refractivity contribution in [2.45, 2.75) is 53.4 Å². The number of anilines is 1. The van der Waals surface area contributed by atoms with Gasteiger partial charge in [-0.05, 0) is 43.9 Å². The fraction of sp³-hybridized carbons (Fsp3) is 0.722. The first-order valence-corrected chi connectivity index (χ1v) is 9.68. The van der Waals surface area contributed by atoms with Gasteiger partial charge in [-0.1, -0.05) is 20.8 Å². The van der Waals surface area contributed by atoms with Gasteiger partial charge in [0.15, 0.2) is 5.13 Å². The van der Waals surface area contributed by atoms with E-state index < -0.39 is 11.4 Å². The number of aryl methyl sites for hydroxylation is 1. The first-order valence-electron chi connectivity index (χ1n) is 8.86. The fourth-order valence-electron chi connectivity index (χ4n) is 3.65. The van der Waals surface area contributed by atoms with Gasteiger partial charge in [0.1, 0.15) is 0 Å². The molecule has 0 radical (unpaired) electrons. The van der Waals surface area contributed by atoms with Crippen molar-refractivity contribution >= 4 is 28.5 Å². The van der Waals surface area contributed by atoms with Gasteiger partial charge in [0, 0.05) is 18.0 Å². The van der Waals surface area contributed by atoms with E-state index in [0.717, 1.165) is 25.0 Å². The number of thiazole rings is 1. The largest absolute Gasteiger partial charge is 0.481 e. The van der Waals surface area contributed by atoms with E-state index >= 15 is 0 Å². The summed E-state index contributed by atoms with van der Waals surface area (Å²) < 4.78 is 0. The molecule has 2 aliphatic rings. The smallest absolute Gasteiger partial charge is 0.323 e. The van der Waals surface area contributed by atoms with Gasteiger partial charge < -0.3 is 10.0 Å². The molecular formula is C18H27N3O3S. The summed E-state index contributed by atoms with van der Waals surface area (Å²) in [7, 11) is 0. The minimum Gasteiger partial charge on any atom is -0.481 e. The van der Waals surface area contributed by atoms with Gasteiger partial charge in [-0.15, -0.1) is 11.3 Å². The van der Waals surface area contributed by atoms with Crippen LogP contribution in [0.5, 0.6) is 0 Å². The van der Waals surface area contributed by atoms with Gasteiger partial charge in [-0.2, -0.15) is 0 Å². The Morgan fingerprint density at radius 3 is 2.72 bits per heavy atom.